The van der Waals surface area contributed by atoms with Crippen molar-refractivity contribution in [3.05, 3.63) is 64.7 Å². The Morgan fingerprint density at radius 1 is 1.15 bits per heavy atom. The van der Waals surface area contributed by atoms with Crippen LogP contribution in [0.5, 0.6) is 11.5 Å². The van der Waals surface area contributed by atoms with E-state index in [1.807, 2.05) is 49.4 Å². The number of benzene rings is 2. The first-order valence-electron chi connectivity index (χ1n) is 8.53. The molecule has 2 aromatic carbocycles. The molecule has 0 fully saturated rings. The number of anilines is 1. The molecule has 138 valence electrons. The maximum Gasteiger partial charge on any atom is 0.248 e. The molecule has 0 saturated heterocycles. The molecule has 8 heteroatoms. The van der Waals surface area contributed by atoms with E-state index in [-0.39, 0.29) is 6.04 Å². The molecule has 0 bridgehead atoms. The molecule has 7 nitrogen and oxygen atoms in total. The van der Waals surface area contributed by atoms with Crippen molar-refractivity contribution in [2.24, 2.45) is 0 Å². The molecule has 1 N–H and O–H groups in total. The SMILES string of the molecule is CCOc1ccc([C@@H]2C=C(c3ccc(Cl)cc3)Nc3nnnn32)cc1OC. The van der Waals surface area contributed by atoms with Crippen LogP contribution in [0.15, 0.2) is 48.5 Å². The lowest BCUT2D eigenvalue weighted by atomic mass is 10.0. The van der Waals surface area contributed by atoms with Crippen LogP contribution in [0.1, 0.15) is 24.1 Å². The fourth-order valence-electron chi connectivity index (χ4n) is 3.03. The average Bonchev–Trinajstić information content (AvgIpc) is 3.17. The van der Waals surface area contributed by atoms with Gasteiger partial charge >= 0.3 is 0 Å². The van der Waals surface area contributed by atoms with E-state index in [9.17, 15) is 0 Å². The molecule has 0 unspecified atom stereocenters. The lowest BCUT2D eigenvalue weighted by Gasteiger charge is -2.24. The van der Waals surface area contributed by atoms with Crippen molar-refractivity contribution in [2.75, 3.05) is 19.0 Å². The fraction of sp³-hybridized carbons (Fsp3) is 0.211. The van der Waals surface area contributed by atoms with Crippen LogP contribution in [0.4, 0.5) is 5.95 Å². The van der Waals surface area contributed by atoms with Crippen LogP contribution >= 0.6 is 11.6 Å². The molecular formula is C19H18ClN5O2. The first kappa shape index (κ1) is 17.4. The molecule has 2 heterocycles. The van der Waals surface area contributed by atoms with Crippen molar-refractivity contribution in [2.45, 2.75) is 13.0 Å². The van der Waals surface area contributed by atoms with Gasteiger partial charge in [0.25, 0.3) is 0 Å². The van der Waals surface area contributed by atoms with Gasteiger partial charge in [-0.15, -0.1) is 0 Å². The highest BCUT2D eigenvalue weighted by Gasteiger charge is 2.25. The predicted octanol–water partition coefficient (Wildman–Crippen LogP) is 3.79. The Bertz CT molecular complexity index is 984. The topological polar surface area (TPSA) is 74.1 Å². The lowest BCUT2D eigenvalue weighted by Crippen LogP contribution is -2.20. The Balaban J connectivity index is 1.77. The standard InChI is InChI=1S/C19H18ClN5O2/c1-3-27-17-9-6-13(10-18(17)26-2)16-11-15(12-4-7-14(20)8-5-12)21-19-22-23-24-25(16)19/h4-11,16H,3H2,1-2H3,(H,21,22,24)/t16-/m0/s1. The number of hydrogen-bond acceptors (Lipinski definition) is 6. The van der Waals surface area contributed by atoms with Gasteiger partial charge in [0.15, 0.2) is 11.5 Å². The minimum atomic E-state index is -0.188. The number of halogens is 1. The Labute approximate surface area is 161 Å². The van der Waals surface area contributed by atoms with Gasteiger partial charge in [-0.25, -0.2) is 0 Å². The van der Waals surface area contributed by atoms with E-state index >= 15 is 0 Å². The molecule has 0 radical (unpaired) electrons. The number of allylic oxidation sites excluding steroid dienone is 1. The first-order chi connectivity index (χ1) is 13.2. The summed E-state index contributed by atoms with van der Waals surface area (Å²) in [5.41, 5.74) is 2.89. The number of nitrogens with one attached hydrogen (secondary N) is 1. The van der Waals surface area contributed by atoms with Crippen molar-refractivity contribution in [3.8, 4) is 11.5 Å². The maximum absolute atomic E-state index is 6.01. The number of aromatic nitrogens is 4. The van der Waals surface area contributed by atoms with Gasteiger partial charge in [0.1, 0.15) is 6.04 Å². The summed E-state index contributed by atoms with van der Waals surface area (Å²) in [6, 6.07) is 13.3. The van der Waals surface area contributed by atoms with E-state index in [0.29, 0.717) is 29.1 Å². The van der Waals surface area contributed by atoms with Crippen LogP contribution in [0.2, 0.25) is 5.02 Å². The van der Waals surface area contributed by atoms with E-state index in [0.717, 1.165) is 16.8 Å². The van der Waals surface area contributed by atoms with Gasteiger partial charge in [-0.05, 0) is 58.8 Å². The summed E-state index contributed by atoms with van der Waals surface area (Å²) >= 11 is 6.01. The Kier molecular flexibility index (Phi) is 4.68. The van der Waals surface area contributed by atoms with Crippen LogP contribution in [0, 0.1) is 0 Å². The Hall–Kier alpha value is -3.06. The van der Waals surface area contributed by atoms with E-state index in [1.54, 1.807) is 11.8 Å². The quantitative estimate of drug-likeness (QED) is 0.722. The minimum Gasteiger partial charge on any atom is -0.493 e. The van der Waals surface area contributed by atoms with Gasteiger partial charge in [-0.1, -0.05) is 34.9 Å². The largest absolute Gasteiger partial charge is 0.493 e. The molecule has 1 aliphatic heterocycles. The van der Waals surface area contributed by atoms with Crippen LogP contribution in [-0.2, 0) is 0 Å². The third kappa shape index (κ3) is 3.33. The van der Waals surface area contributed by atoms with Gasteiger partial charge in [0, 0.05) is 10.7 Å². The summed E-state index contributed by atoms with van der Waals surface area (Å²) in [4.78, 5) is 0. The molecule has 1 aliphatic rings. The third-order valence-corrected chi connectivity index (χ3v) is 4.56. The molecule has 27 heavy (non-hydrogen) atoms. The van der Waals surface area contributed by atoms with Crippen LogP contribution in [0.25, 0.3) is 5.70 Å². The van der Waals surface area contributed by atoms with Gasteiger partial charge in [0.2, 0.25) is 5.95 Å². The van der Waals surface area contributed by atoms with E-state index < -0.39 is 0 Å². The number of ether oxygens (including phenoxy) is 2. The van der Waals surface area contributed by atoms with Crippen molar-refractivity contribution in [1.29, 1.82) is 0 Å². The first-order valence-corrected chi connectivity index (χ1v) is 8.90. The van der Waals surface area contributed by atoms with Crippen molar-refractivity contribution >= 4 is 23.2 Å². The number of rotatable bonds is 5. The smallest absolute Gasteiger partial charge is 0.248 e. The van der Waals surface area contributed by atoms with Gasteiger partial charge < -0.3 is 14.8 Å². The molecular weight excluding hydrogens is 366 g/mol. The Morgan fingerprint density at radius 3 is 2.70 bits per heavy atom. The normalized spacial score (nSPS) is 15.5. The number of hydrogen-bond donors (Lipinski definition) is 1. The zero-order chi connectivity index (χ0) is 18.8. The Morgan fingerprint density at radius 2 is 1.96 bits per heavy atom. The highest BCUT2D eigenvalue weighted by molar-refractivity contribution is 6.30. The van der Waals surface area contributed by atoms with Crippen molar-refractivity contribution in [3.63, 3.8) is 0 Å². The third-order valence-electron chi connectivity index (χ3n) is 4.31. The molecule has 0 amide bonds. The molecule has 3 aromatic rings. The molecule has 4 rings (SSSR count). The number of tetrazole rings is 1. The summed E-state index contributed by atoms with van der Waals surface area (Å²) in [6.07, 6.45) is 2.07. The highest BCUT2D eigenvalue weighted by atomic mass is 35.5. The summed E-state index contributed by atoms with van der Waals surface area (Å²) in [6.45, 7) is 2.51. The van der Waals surface area contributed by atoms with E-state index in [1.165, 1.54) is 0 Å². The zero-order valence-corrected chi connectivity index (χ0v) is 15.6. The van der Waals surface area contributed by atoms with Crippen molar-refractivity contribution < 1.29 is 9.47 Å². The zero-order valence-electron chi connectivity index (χ0n) is 14.9. The number of fused-ring (bicyclic) bond motifs is 1. The predicted molar refractivity (Wildman–Crippen MR) is 103 cm³/mol. The summed E-state index contributed by atoms with van der Waals surface area (Å²) in [5, 5.41) is 16.0. The minimum absolute atomic E-state index is 0.188. The van der Waals surface area contributed by atoms with Crippen LogP contribution < -0.4 is 14.8 Å². The molecule has 0 spiro atoms. The molecule has 0 aliphatic carbocycles. The van der Waals surface area contributed by atoms with E-state index in [4.69, 9.17) is 21.1 Å². The van der Waals surface area contributed by atoms with Crippen LogP contribution in [0.3, 0.4) is 0 Å². The van der Waals surface area contributed by atoms with Crippen LogP contribution in [-0.4, -0.2) is 33.9 Å². The summed E-state index contributed by atoms with van der Waals surface area (Å²) in [5.74, 6) is 1.95. The van der Waals surface area contributed by atoms with Gasteiger partial charge in [-0.3, -0.25) is 0 Å². The molecule has 1 atom stereocenters. The summed E-state index contributed by atoms with van der Waals surface area (Å²) < 4.78 is 12.8. The summed E-state index contributed by atoms with van der Waals surface area (Å²) in [7, 11) is 1.63. The van der Waals surface area contributed by atoms with Gasteiger partial charge in [0.05, 0.1) is 13.7 Å². The van der Waals surface area contributed by atoms with Gasteiger partial charge in [-0.2, -0.15) is 4.68 Å². The number of methoxy groups -OCH3 is 1. The second-order valence-electron chi connectivity index (χ2n) is 5.95. The van der Waals surface area contributed by atoms with Crippen molar-refractivity contribution in [1.82, 2.24) is 20.2 Å². The maximum atomic E-state index is 6.01. The lowest BCUT2D eigenvalue weighted by molar-refractivity contribution is 0.310. The number of nitrogens with zero attached hydrogens (tertiary/aromatic N) is 4. The monoisotopic (exact) mass is 383 g/mol. The fourth-order valence-corrected chi connectivity index (χ4v) is 3.16. The second-order valence-corrected chi connectivity index (χ2v) is 6.38. The van der Waals surface area contributed by atoms with E-state index in [2.05, 4.69) is 26.9 Å². The highest BCUT2D eigenvalue weighted by Crippen LogP contribution is 2.36. The molecule has 1 aromatic heterocycles. The average molecular weight is 384 g/mol. The second kappa shape index (κ2) is 7.28. The molecule has 0 saturated carbocycles.